The SMILES string of the molecule is CC[C@@H](C)C(=O)c1cc(OC)c(Nc2ncc(C(F)(F)F)c(Oc3cccc4c3C(=O)N(C)C4(C)C)n2)cc1F. The van der Waals surface area contributed by atoms with Crippen LogP contribution in [0.25, 0.3) is 0 Å². The maximum absolute atomic E-state index is 14.9. The molecule has 40 heavy (non-hydrogen) atoms. The molecule has 12 heteroatoms. The Labute approximate surface area is 228 Å². The lowest BCUT2D eigenvalue weighted by Crippen LogP contribution is -2.35. The number of Topliss-reactive ketones (excluding diaryl/α,β-unsaturated/α-hetero) is 1. The Morgan fingerprint density at radius 1 is 1.20 bits per heavy atom. The van der Waals surface area contributed by atoms with Gasteiger partial charge in [0.15, 0.2) is 5.78 Å². The van der Waals surface area contributed by atoms with E-state index in [1.165, 1.54) is 24.1 Å². The van der Waals surface area contributed by atoms with Crippen LogP contribution < -0.4 is 14.8 Å². The summed E-state index contributed by atoms with van der Waals surface area (Å²) in [5.74, 6) is -3.37. The molecule has 3 aromatic rings. The largest absolute Gasteiger partial charge is 0.495 e. The van der Waals surface area contributed by atoms with Crippen molar-refractivity contribution in [2.24, 2.45) is 5.92 Å². The number of anilines is 2. The molecule has 1 aromatic heterocycles. The molecule has 8 nitrogen and oxygen atoms in total. The molecule has 0 aliphatic carbocycles. The Morgan fingerprint density at radius 2 is 1.90 bits per heavy atom. The van der Waals surface area contributed by atoms with E-state index >= 15 is 0 Å². The minimum atomic E-state index is -4.88. The molecular formula is C28H28F4N4O4. The van der Waals surface area contributed by atoms with Crippen molar-refractivity contribution in [1.29, 1.82) is 0 Å². The maximum atomic E-state index is 14.9. The van der Waals surface area contributed by atoms with Crippen LogP contribution in [-0.4, -0.2) is 40.7 Å². The highest BCUT2D eigenvalue weighted by Crippen LogP contribution is 2.44. The van der Waals surface area contributed by atoms with Gasteiger partial charge in [-0.15, -0.1) is 0 Å². The van der Waals surface area contributed by atoms with Crippen LogP contribution in [0.5, 0.6) is 17.4 Å². The molecule has 1 aliphatic rings. The van der Waals surface area contributed by atoms with Crippen molar-refractivity contribution in [2.45, 2.75) is 45.8 Å². The predicted molar refractivity (Wildman–Crippen MR) is 139 cm³/mol. The fourth-order valence-corrected chi connectivity index (χ4v) is 4.33. The third-order valence-corrected chi connectivity index (χ3v) is 7.17. The molecule has 1 N–H and O–H groups in total. The van der Waals surface area contributed by atoms with E-state index < -0.39 is 46.6 Å². The molecule has 2 aromatic carbocycles. The van der Waals surface area contributed by atoms with Crippen LogP contribution in [0.15, 0.2) is 36.5 Å². The Kier molecular flexibility index (Phi) is 7.48. The molecule has 0 saturated carbocycles. The highest BCUT2D eigenvalue weighted by molar-refractivity contribution is 6.02. The fraction of sp³-hybridized carbons (Fsp3) is 0.357. The monoisotopic (exact) mass is 560 g/mol. The van der Waals surface area contributed by atoms with Crippen molar-refractivity contribution < 1.29 is 36.6 Å². The summed E-state index contributed by atoms with van der Waals surface area (Å²) >= 11 is 0. The number of carbonyl (C=O) groups excluding carboxylic acids is 2. The van der Waals surface area contributed by atoms with E-state index in [9.17, 15) is 27.2 Å². The topological polar surface area (TPSA) is 93.7 Å². The summed E-state index contributed by atoms with van der Waals surface area (Å²) in [6.07, 6.45) is -3.85. The number of nitrogens with zero attached hydrogens (tertiary/aromatic N) is 3. The molecule has 0 unspecified atom stereocenters. The number of hydrogen-bond acceptors (Lipinski definition) is 7. The predicted octanol–water partition coefficient (Wildman–Crippen LogP) is 6.73. The molecule has 2 heterocycles. The first-order valence-corrected chi connectivity index (χ1v) is 12.4. The summed E-state index contributed by atoms with van der Waals surface area (Å²) in [6, 6.07) is 6.86. The maximum Gasteiger partial charge on any atom is 0.423 e. The van der Waals surface area contributed by atoms with Crippen molar-refractivity contribution in [1.82, 2.24) is 14.9 Å². The number of benzene rings is 2. The summed E-state index contributed by atoms with van der Waals surface area (Å²) in [6.45, 7) is 7.09. The van der Waals surface area contributed by atoms with Gasteiger partial charge in [0.2, 0.25) is 11.8 Å². The average molecular weight is 561 g/mol. The molecule has 1 atom stereocenters. The zero-order valence-electron chi connectivity index (χ0n) is 22.7. The first-order valence-electron chi connectivity index (χ1n) is 12.4. The van der Waals surface area contributed by atoms with Crippen LogP contribution in [0.3, 0.4) is 0 Å². The number of ketones is 1. The van der Waals surface area contributed by atoms with Gasteiger partial charge in [-0.25, -0.2) is 9.37 Å². The quantitative estimate of drug-likeness (QED) is 0.241. The standard InChI is InChI=1S/C28H28F4N4O4/c1-7-14(2)23(37)15-11-21(39-6)19(12-18(15)29)34-26-33-13-17(28(30,31)32)24(35-26)40-20-10-8-9-16-22(20)25(38)36(5)27(16,3)4/h8-14H,7H2,1-6H3,(H,33,34,35)/t14-/m1/s1. The van der Waals surface area contributed by atoms with E-state index in [0.29, 0.717) is 18.2 Å². The van der Waals surface area contributed by atoms with Crippen LogP contribution in [0, 0.1) is 11.7 Å². The molecule has 0 fully saturated rings. The molecular weight excluding hydrogens is 532 g/mol. The van der Waals surface area contributed by atoms with E-state index in [1.54, 1.807) is 33.0 Å². The highest BCUT2D eigenvalue weighted by atomic mass is 19.4. The number of rotatable bonds is 8. The molecule has 0 saturated heterocycles. The first kappa shape index (κ1) is 28.8. The van der Waals surface area contributed by atoms with E-state index in [1.807, 2.05) is 13.8 Å². The third kappa shape index (κ3) is 5.05. The van der Waals surface area contributed by atoms with Crippen molar-refractivity contribution in [3.05, 3.63) is 64.6 Å². The first-order chi connectivity index (χ1) is 18.7. The summed E-state index contributed by atoms with van der Waals surface area (Å²) in [5.41, 5.74) is -1.47. The number of alkyl halides is 3. The second-order valence-electron chi connectivity index (χ2n) is 9.95. The number of amides is 1. The van der Waals surface area contributed by atoms with Gasteiger partial charge < -0.3 is 19.7 Å². The van der Waals surface area contributed by atoms with Gasteiger partial charge in [-0.2, -0.15) is 18.2 Å². The van der Waals surface area contributed by atoms with E-state index in [0.717, 1.165) is 6.07 Å². The minimum absolute atomic E-state index is 0.0226. The summed E-state index contributed by atoms with van der Waals surface area (Å²) in [4.78, 5) is 34.6. The van der Waals surface area contributed by atoms with Crippen molar-refractivity contribution in [3.63, 3.8) is 0 Å². The second kappa shape index (κ2) is 10.4. The van der Waals surface area contributed by atoms with Gasteiger partial charge in [0, 0.05) is 25.2 Å². The lowest BCUT2D eigenvalue weighted by atomic mass is 9.94. The lowest BCUT2D eigenvalue weighted by Gasteiger charge is -2.28. The number of halogens is 4. The van der Waals surface area contributed by atoms with E-state index in [2.05, 4.69) is 15.3 Å². The molecule has 212 valence electrons. The fourth-order valence-electron chi connectivity index (χ4n) is 4.33. The van der Waals surface area contributed by atoms with Gasteiger partial charge >= 0.3 is 6.18 Å². The normalized spacial score (nSPS) is 15.1. The number of ether oxygens (including phenoxy) is 2. The minimum Gasteiger partial charge on any atom is -0.495 e. The Morgan fingerprint density at radius 3 is 2.52 bits per heavy atom. The lowest BCUT2D eigenvalue weighted by molar-refractivity contribution is -0.139. The van der Waals surface area contributed by atoms with Gasteiger partial charge in [0.1, 0.15) is 22.9 Å². The van der Waals surface area contributed by atoms with Gasteiger partial charge in [0.05, 0.1) is 29.5 Å². The number of carbonyl (C=O) groups is 2. The molecule has 4 rings (SSSR count). The number of hydrogen-bond donors (Lipinski definition) is 1. The summed E-state index contributed by atoms with van der Waals surface area (Å²) < 4.78 is 67.4. The number of methoxy groups -OCH3 is 1. The Bertz CT molecular complexity index is 1490. The smallest absolute Gasteiger partial charge is 0.423 e. The molecule has 1 aliphatic heterocycles. The Hall–Kier alpha value is -4.22. The van der Waals surface area contributed by atoms with Crippen LogP contribution in [0.4, 0.5) is 29.2 Å². The molecule has 0 bridgehead atoms. The highest BCUT2D eigenvalue weighted by Gasteiger charge is 2.43. The van der Waals surface area contributed by atoms with Crippen LogP contribution in [-0.2, 0) is 11.7 Å². The average Bonchev–Trinajstić information content (AvgIpc) is 3.08. The zero-order chi connectivity index (χ0) is 29.6. The third-order valence-electron chi connectivity index (χ3n) is 7.17. The van der Waals surface area contributed by atoms with Crippen LogP contribution in [0.2, 0.25) is 0 Å². The number of nitrogens with one attached hydrogen (secondary N) is 1. The van der Waals surface area contributed by atoms with Crippen molar-refractivity contribution in [3.8, 4) is 17.4 Å². The Balaban J connectivity index is 1.75. The van der Waals surface area contributed by atoms with Gasteiger partial charge in [-0.05, 0) is 38.0 Å². The second-order valence-corrected chi connectivity index (χ2v) is 9.95. The summed E-state index contributed by atoms with van der Waals surface area (Å²) in [7, 11) is 2.89. The summed E-state index contributed by atoms with van der Waals surface area (Å²) in [5, 5.41) is 2.64. The number of fused-ring (bicyclic) bond motifs is 1. The molecule has 1 amide bonds. The van der Waals surface area contributed by atoms with Crippen molar-refractivity contribution >= 4 is 23.3 Å². The van der Waals surface area contributed by atoms with Crippen LogP contribution >= 0.6 is 0 Å². The molecule has 0 radical (unpaired) electrons. The van der Waals surface area contributed by atoms with Gasteiger partial charge in [-0.1, -0.05) is 26.0 Å². The van der Waals surface area contributed by atoms with E-state index in [4.69, 9.17) is 9.47 Å². The molecule has 0 spiro atoms. The van der Waals surface area contributed by atoms with Crippen molar-refractivity contribution in [2.75, 3.05) is 19.5 Å². The van der Waals surface area contributed by atoms with Crippen LogP contribution in [0.1, 0.15) is 66.0 Å². The van der Waals surface area contributed by atoms with E-state index in [-0.39, 0.29) is 34.3 Å². The zero-order valence-corrected chi connectivity index (χ0v) is 22.7. The number of aromatic nitrogens is 2. The van der Waals surface area contributed by atoms with Gasteiger partial charge in [-0.3, -0.25) is 9.59 Å². The van der Waals surface area contributed by atoms with Gasteiger partial charge in [0.25, 0.3) is 5.91 Å².